The highest BCUT2D eigenvalue weighted by atomic mass is 19.1. The van der Waals surface area contributed by atoms with Crippen LogP contribution in [0.1, 0.15) is 12.0 Å². The van der Waals surface area contributed by atoms with E-state index in [4.69, 9.17) is 0 Å². The van der Waals surface area contributed by atoms with Crippen molar-refractivity contribution < 1.29 is 14.0 Å². The first-order valence-electron chi connectivity index (χ1n) is 7.93. The Labute approximate surface area is 127 Å². The van der Waals surface area contributed by atoms with Crippen LogP contribution in [0.15, 0.2) is 36.4 Å². The lowest BCUT2D eigenvalue weighted by Crippen LogP contribution is -2.40. The Morgan fingerprint density at radius 1 is 0.955 bits per heavy atom. The maximum Gasteiger partial charge on any atom is 0.234 e. The molecule has 4 heteroatoms. The molecular formula is C18H16FNO2. The summed E-state index contributed by atoms with van der Waals surface area (Å²) in [4.78, 5) is 26.9. The Bertz CT molecular complexity index is 674. The zero-order valence-electron chi connectivity index (χ0n) is 12.0. The minimum absolute atomic E-state index is 0.0241. The highest BCUT2D eigenvalue weighted by Gasteiger charge is 2.66. The summed E-state index contributed by atoms with van der Waals surface area (Å²) in [5, 5.41) is 0. The molecule has 0 aromatic heterocycles. The summed E-state index contributed by atoms with van der Waals surface area (Å²) in [7, 11) is 0. The maximum atomic E-state index is 13.0. The van der Waals surface area contributed by atoms with Gasteiger partial charge in [0.2, 0.25) is 11.8 Å². The maximum absolute atomic E-state index is 13.0. The van der Waals surface area contributed by atoms with Crippen LogP contribution < -0.4 is 0 Å². The van der Waals surface area contributed by atoms with E-state index in [1.165, 1.54) is 23.5 Å². The molecule has 6 rings (SSSR count). The monoisotopic (exact) mass is 297 g/mol. The molecule has 112 valence electrons. The van der Waals surface area contributed by atoms with Crippen molar-refractivity contribution in [2.45, 2.75) is 13.0 Å². The van der Waals surface area contributed by atoms with Crippen molar-refractivity contribution in [3.63, 3.8) is 0 Å². The molecule has 6 atom stereocenters. The smallest absolute Gasteiger partial charge is 0.234 e. The Morgan fingerprint density at radius 2 is 1.50 bits per heavy atom. The van der Waals surface area contributed by atoms with E-state index in [1.54, 1.807) is 12.1 Å². The molecule has 0 radical (unpaired) electrons. The van der Waals surface area contributed by atoms with Crippen LogP contribution in [0.3, 0.4) is 0 Å². The number of likely N-dealkylation sites (tertiary alicyclic amines) is 1. The zero-order chi connectivity index (χ0) is 15.0. The molecule has 1 saturated heterocycles. The standard InChI is InChI=1S/C18H16FNO2/c19-10-3-1-9(2-4-10)8-20-17(21)15-11-5-6-12(14-7-13(11)14)16(15)18(20)22/h1-6,11-16H,7-8H2/t11-,12-,13-,14-,15-,16+/m1/s1. The van der Waals surface area contributed by atoms with Crippen LogP contribution in [0.2, 0.25) is 0 Å². The highest BCUT2D eigenvalue weighted by Crippen LogP contribution is 2.65. The highest BCUT2D eigenvalue weighted by molar-refractivity contribution is 6.06. The number of carbonyl (C=O) groups is 2. The first-order valence-corrected chi connectivity index (χ1v) is 7.93. The van der Waals surface area contributed by atoms with Crippen LogP contribution in [0.25, 0.3) is 0 Å². The van der Waals surface area contributed by atoms with Crippen molar-refractivity contribution in [3.05, 3.63) is 47.8 Å². The quantitative estimate of drug-likeness (QED) is 0.621. The summed E-state index contributed by atoms with van der Waals surface area (Å²) in [6.07, 6.45) is 5.52. The fraction of sp³-hybridized carbons (Fsp3) is 0.444. The molecule has 5 aliphatic rings. The van der Waals surface area contributed by atoms with E-state index in [9.17, 15) is 14.0 Å². The molecule has 1 aliphatic heterocycles. The fourth-order valence-corrected chi connectivity index (χ4v) is 4.95. The minimum Gasteiger partial charge on any atom is -0.278 e. The number of rotatable bonds is 2. The number of amides is 2. The van der Waals surface area contributed by atoms with E-state index < -0.39 is 0 Å². The molecule has 2 amide bonds. The van der Waals surface area contributed by atoms with E-state index in [2.05, 4.69) is 12.2 Å². The number of hydrogen-bond donors (Lipinski definition) is 0. The van der Waals surface area contributed by atoms with E-state index in [1.807, 2.05) is 0 Å². The van der Waals surface area contributed by atoms with Crippen molar-refractivity contribution >= 4 is 11.8 Å². The van der Waals surface area contributed by atoms with Crippen molar-refractivity contribution in [3.8, 4) is 0 Å². The van der Waals surface area contributed by atoms with Gasteiger partial charge in [-0.1, -0.05) is 24.3 Å². The van der Waals surface area contributed by atoms with Gasteiger partial charge in [-0.3, -0.25) is 14.5 Å². The second-order valence-electron chi connectivity index (χ2n) is 7.04. The predicted molar refractivity (Wildman–Crippen MR) is 76.7 cm³/mol. The molecule has 0 spiro atoms. The number of allylic oxidation sites excluding steroid dienone is 2. The topological polar surface area (TPSA) is 37.4 Å². The van der Waals surface area contributed by atoms with Gasteiger partial charge >= 0.3 is 0 Å². The molecule has 1 aromatic carbocycles. The molecule has 3 nitrogen and oxygen atoms in total. The largest absolute Gasteiger partial charge is 0.278 e. The molecule has 3 fully saturated rings. The van der Waals surface area contributed by atoms with Gasteiger partial charge < -0.3 is 0 Å². The van der Waals surface area contributed by atoms with Crippen LogP contribution in [0.5, 0.6) is 0 Å². The first-order chi connectivity index (χ1) is 10.6. The third kappa shape index (κ3) is 1.50. The lowest BCUT2D eigenvalue weighted by atomic mass is 9.63. The van der Waals surface area contributed by atoms with E-state index in [-0.39, 0.29) is 47.8 Å². The van der Waals surface area contributed by atoms with Crippen LogP contribution in [-0.4, -0.2) is 16.7 Å². The zero-order valence-corrected chi connectivity index (χ0v) is 12.0. The fourth-order valence-electron chi connectivity index (χ4n) is 4.95. The Balaban J connectivity index is 1.46. The normalized spacial score (nSPS) is 40.9. The van der Waals surface area contributed by atoms with Gasteiger partial charge in [0.1, 0.15) is 5.82 Å². The van der Waals surface area contributed by atoms with Gasteiger partial charge in [-0.25, -0.2) is 4.39 Å². The predicted octanol–water partition coefficient (Wildman–Crippen LogP) is 2.38. The summed E-state index contributed by atoms with van der Waals surface area (Å²) in [6, 6.07) is 6.02. The Kier molecular flexibility index (Phi) is 2.32. The lowest BCUT2D eigenvalue weighted by molar-refractivity contribution is -0.140. The number of hydrogen-bond acceptors (Lipinski definition) is 2. The molecular weight excluding hydrogens is 281 g/mol. The van der Waals surface area contributed by atoms with Gasteiger partial charge in [0.15, 0.2) is 0 Å². The molecule has 0 N–H and O–H groups in total. The summed E-state index contributed by atoms with van der Waals surface area (Å²) in [5.41, 5.74) is 0.798. The average molecular weight is 297 g/mol. The van der Waals surface area contributed by atoms with Gasteiger partial charge in [-0.15, -0.1) is 0 Å². The van der Waals surface area contributed by atoms with Gasteiger partial charge in [-0.2, -0.15) is 0 Å². The van der Waals surface area contributed by atoms with Gasteiger partial charge in [0, 0.05) is 0 Å². The molecule has 1 aromatic rings. The van der Waals surface area contributed by atoms with Gasteiger partial charge in [-0.05, 0) is 47.8 Å². The average Bonchev–Trinajstić information content (AvgIpc) is 3.30. The van der Waals surface area contributed by atoms with E-state index in [0.717, 1.165) is 5.56 Å². The van der Waals surface area contributed by atoms with Crippen LogP contribution in [0, 0.1) is 41.3 Å². The Hall–Kier alpha value is -1.97. The number of halogens is 1. The molecule has 4 aliphatic carbocycles. The van der Waals surface area contributed by atoms with Gasteiger partial charge in [0.25, 0.3) is 0 Å². The van der Waals surface area contributed by atoms with Crippen molar-refractivity contribution in [2.75, 3.05) is 0 Å². The number of carbonyl (C=O) groups excluding carboxylic acids is 2. The second-order valence-corrected chi connectivity index (χ2v) is 7.04. The summed E-state index contributed by atoms with van der Waals surface area (Å²) < 4.78 is 13.0. The third-order valence-corrected chi connectivity index (χ3v) is 6.01. The van der Waals surface area contributed by atoms with Gasteiger partial charge in [0.05, 0.1) is 18.4 Å². The molecule has 2 saturated carbocycles. The molecule has 2 bridgehead atoms. The first kappa shape index (κ1) is 12.6. The van der Waals surface area contributed by atoms with E-state index >= 15 is 0 Å². The molecule has 22 heavy (non-hydrogen) atoms. The summed E-state index contributed by atoms with van der Waals surface area (Å²) >= 11 is 0. The number of benzene rings is 1. The van der Waals surface area contributed by atoms with E-state index in [0.29, 0.717) is 11.8 Å². The minimum atomic E-state index is -0.307. The molecule has 1 heterocycles. The lowest BCUT2D eigenvalue weighted by Gasteiger charge is -2.37. The van der Waals surface area contributed by atoms with Crippen molar-refractivity contribution in [1.29, 1.82) is 0 Å². The van der Waals surface area contributed by atoms with Crippen molar-refractivity contribution in [2.24, 2.45) is 35.5 Å². The summed E-state index contributed by atoms with van der Waals surface area (Å²) in [6.45, 7) is 0.264. The van der Waals surface area contributed by atoms with Crippen molar-refractivity contribution in [1.82, 2.24) is 4.90 Å². The van der Waals surface area contributed by atoms with Crippen LogP contribution in [-0.2, 0) is 16.1 Å². The third-order valence-electron chi connectivity index (χ3n) is 6.01. The number of imide groups is 1. The summed E-state index contributed by atoms with van der Waals surface area (Å²) in [5.74, 6) is 1.12. The van der Waals surface area contributed by atoms with Crippen LogP contribution >= 0.6 is 0 Å². The Morgan fingerprint density at radius 3 is 2.05 bits per heavy atom. The number of nitrogens with zero attached hydrogens (tertiary/aromatic N) is 1. The second kappa shape index (κ2) is 4.06. The molecule has 0 unspecified atom stereocenters. The van der Waals surface area contributed by atoms with Crippen LogP contribution in [0.4, 0.5) is 4.39 Å². The SMILES string of the molecule is O=C1[C@@H]2[C@@H]3C=C[C@H]([C@H]4C[C@H]34)[C@@H]2C(=O)N1Cc1ccc(F)cc1.